The zero-order valence-corrected chi connectivity index (χ0v) is 15.6. The smallest absolute Gasteiger partial charge is 0.258 e. The lowest BCUT2D eigenvalue weighted by molar-refractivity contribution is 0.0666. The van der Waals surface area contributed by atoms with Crippen LogP contribution in [0.2, 0.25) is 0 Å². The van der Waals surface area contributed by atoms with Crippen LogP contribution in [-0.2, 0) is 6.54 Å². The highest BCUT2D eigenvalue weighted by Gasteiger charge is 2.33. The van der Waals surface area contributed by atoms with Gasteiger partial charge in [0.05, 0.1) is 12.2 Å². The van der Waals surface area contributed by atoms with Crippen molar-refractivity contribution in [1.29, 1.82) is 0 Å². The lowest BCUT2D eigenvalue weighted by Gasteiger charge is -2.38. The van der Waals surface area contributed by atoms with Gasteiger partial charge in [0, 0.05) is 12.2 Å². The predicted octanol–water partition coefficient (Wildman–Crippen LogP) is 4.56. The fourth-order valence-corrected chi connectivity index (χ4v) is 3.47. The van der Waals surface area contributed by atoms with Crippen LogP contribution in [-0.4, -0.2) is 22.5 Å². The number of carbonyl (C=O) groups is 1. The third-order valence-electron chi connectivity index (χ3n) is 4.82. The monoisotopic (exact) mass is 374 g/mol. The van der Waals surface area contributed by atoms with Crippen LogP contribution >= 0.6 is 0 Å². The summed E-state index contributed by atoms with van der Waals surface area (Å²) in [6.07, 6.45) is -0.373. The molecule has 1 atom stereocenters. The second kappa shape index (κ2) is 7.64. The molecule has 0 radical (unpaired) electrons. The Kier molecular flexibility index (Phi) is 4.89. The molecular weight excluding hydrogens is 352 g/mol. The van der Waals surface area contributed by atoms with Gasteiger partial charge in [-0.2, -0.15) is 0 Å². The minimum atomic E-state index is -0.373. The largest absolute Gasteiger partial charge is 0.504 e. The minimum absolute atomic E-state index is 0.0331. The highest BCUT2D eigenvalue weighted by Crippen LogP contribution is 2.37. The Morgan fingerprint density at radius 3 is 2.57 bits per heavy atom. The molecule has 5 nitrogen and oxygen atoms in total. The first kappa shape index (κ1) is 17.9. The van der Waals surface area contributed by atoms with Crippen molar-refractivity contribution in [2.24, 2.45) is 0 Å². The van der Waals surface area contributed by atoms with E-state index >= 15 is 0 Å². The van der Waals surface area contributed by atoms with E-state index in [0.29, 0.717) is 24.5 Å². The van der Waals surface area contributed by atoms with Gasteiger partial charge in [-0.25, -0.2) is 0 Å². The number of hydrogen-bond donors (Lipinski definition) is 2. The van der Waals surface area contributed by atoms with E-state index in [1.165, 1.54) is 0 Å². The molecule has 3 aromatic rings. The number of fused-ring (bicyclic) bond motifs is 1. The maximum absolute atomic E-state index is 13.3. The summed E-state index contributed by atoms with van der Waals surface area (Å²) < 4.78 is 5.54. The minimum Gasteiger partial charge on any atom is -0.504 e. The van der Waals surface area contributed by atoms with Gasteiger partial charge in [0.25, 0.3) is 5.91 Å². The normalized spacial score (nSPS) is 15.7. The zero-order chi connectivity index (χ0) is 19.5. The number of para-hydroxylation sites is 1. The van der Waals surface area contributed by atoms with Crippen LogP contribution in [0.15, 0.2) is 72.8 Å². The molecule has 1 aliphatic rings. The molecule has 3 aromatic carbocycles. The van der Waals surface area contributed by atoms with Crippen molar-refractivity contribution < 1.29 is 14.6 Å². The van der Waals surface area contributed by atoms with E-state index in [2.05, 4.69) is 5.32 Å². The highest BCUT2D eigenvalue weighted by atomic mass is 16.5. The standard InChI is InChI=1S/C23H22N2O3/c1-2-28-21-14-17(12-13-20(21)26)22-24-19-11-7-6-10-18(19)23(27)25(22)15-16-8-4-3-5-9-16/h3-14,22,24,26H,2,15H2,1H3/t22-/m1/s1. The molecule has 0 aliphatic carbocycles. The average Bonchev–Trinajstić information content (AvgIpc) is 2.73. The number of nitrogens with zero attached hydrogens (tertiary/aromatic N) is 1. The molecule has 0 spiro atoms. The number of amides is 1. The molecule has 142 valence electrons. The summed E-state index contributed by atoms with van der Waals surface area (Å²) in [5.41, 5.74) is 3.34. The van der Waals surface area contributed by atoms with Crippen molar-refractivity contribution in [3.05, 3.63) is 89.5 Å². The van der Waals surface area contributed by atoms with Crippen molar-refractivity contribution in [3.63, 3.8) is 0 Å². The molecule has 28 heavy (non-hydrogen) atoms. The molecule has 0 saturated heterocycles. The second-order valence-corrected chi connectivity index (χ2v) is 6.67. The predicted molar refractivity (Wildman–Crippen MR) is 108 cm³/mol. The van der Waals surface area contributed by atoms with Crippen LogP contribution in [0.1, 0.15) is 34.6 Å². The van der Waals surface area contributed by atoms with Crippen molar-refractivity contribution in [1.82, 2.24) is 4.90 Å². The zero-order valence-electron chi connectivity index (χ0n) is 15.6. The maximum atomic E-state index is 13.3. The van der Waals surface area contributed by atoms with Gasteiger partial charge in [-0.1, -0.05) is 48.5 Å². The molecule has 4 rings (SSSR count). The number of anilines is 1. The fraction of sp³-hybridized carbons (Fsp3) is 0.174. The molecule has 0 fully saturated rings. The molecule has 1 heterocycles. The molecule has 0 aromatic heterocycles. The van der Waals surface area contributed by atoms with E-state index in [0.717, 1.165) is 16.8 Å². The summed E-state index contributed by atoms with van der Waals surface area (Å²) >= 11 is 0. The summed E-state index contributed by atoms with van der Waals surface area (Å²) in [5, 5.41) is 13.5. The summed E-state index contributed by atoms with van der Waals surface area (Å²) in [6, 6.07) is 22.6. The number of phenols is 1. The molecule has 2 N–H and O–H groups in total. The average molecular weight is 374 g/mol. The van der Waals surface area contributed by atoms with Gasteiger partial charge in [-0.3, -0.25) is 4.79 Å². The molecule has 0 saturated carbocycles. The number of phenolic OH excluding ortho intramolecular Hbond substituents is 1. The SMILES string of the molecule is CCOc1cc([C@@H]2Nc3ccccc3C(=O)N2Cc2ccccc2)ccc1O. The van der Waals surface area contributed by atoms with Gasteiger partial charge in [0.2, 0.25) is 0 Å². The van der Waals surface area contributed by atoms with Crippen molar-refractivity contribution >= 4 is 11.6 Å². The molecule has 0 bridgehead atoms. The van der Waals surface area contributed by atoms with E-state index in [-0.39, 0.29) is 17.8 Å². The van der Waals surface area contributed by atoms with E-state index in [9.17, 15) is 9.90 Å². The van der Waals surface area contributed by atoms with Gasteiger partial charge >= 0.3 is 0 Å². The molecule has 1 aliphatic heterocycles. The number of benzene rings is 3. The van der Waals surface area contributed by atoms with E-state index in [4.69, 9.17) is 4.74 Å². The van der Waals surface area contributed by atoms with Crippen LogP contribution in [0.25, 0.3) is 0 Å². The first-order chi connectivity index (χ1) is 13.7. The maximum Gasteiger partial charge on any atom is 0.258 e. The van der Waals surface area contributed by atoms with Gasteiger partial charge in [-0.15, -0.1) is 0 Å². The Balaban J connectivity index is 1.76. The summed E-state index contributed by atoms with van der Waals surface area (Å²) in [7, 11) is 0. The Morgan fingerprint density at radius 1 is 1.04 bits per heavy atom. The third-order valence-corrected chi connectivity index (χ3v) is 4.82. The summed E-state index contributed by atoms with van der Waals surface area (Å²) in [6.45, 7) is 2.79. The van der Waals surface area contributed by atoms with Gasteiger partial charge in [-0.05, 0) is 42.3 Å². The molecule has 1 amide bonds. The van der Waals surface area contributed by atoms with Gasteiger partial charge < -0.3 is 20.1 Å². The van der Waals surface area contributed by atoms with Crippen molar-refractivity contribution in [2.45, 2.75) is 19.6 Å². The molecular formula is C23H22N2O3. The van der Waals surface area contributed by atoms with Crippen LogP contribution in [0.3, 0.4) is 0 Å². The Labute approximate surface area is 164 Å². The van der Waals surface area contributed by atoms with Gasteiger partial charge in [0.1, 0.15) is 6.17 Å². The Hall–Kier alpha value is -3.47. The molecule has 0 unspecified atom stereocenters. The van der Waals surface area contributed by atoms with Crippen molar-refractivity contribution in [3.8, 4) is 11.5 Å². The number of ether oxygens (including phenoxy) is 1. The second-order valence-electron chi connectivity index (χ2n) is 6.67. The molecule has 5 heteroatoms. The summed E-state index contributed by atoms with van der Waals surface area (Å²) in [5.74, 6) is 0.463. The van der Waals surface area contributed by atoms with E-state index < -0.39 is 0 Å². The lowest BCUT2D eigenvalue weighted by Crippen LogP contribution is -2.42. The first-order valence-electron chi connectivity index (χ1n) is 9.33. The third kappa shape index (κ3) is 3.39. The first-order valence-corrected chi connectivity index (χ1v) is 9.33. The number of aromatic hydroxyl groups is 1. The Morgan fingerprint density at radius 2 is 1.79 bits per heavy atom. The highest BCUT2D eigenvalue weighted by molar-refractivity contribution is 6.01. The number of hydrogen-bond acceptors (Lipinski definition) is 4. The fourth-order valence-electron chi connectivity index (χ4n) is 3.47. The van der Waals surface area contributed by atoms with Crippen LogP contribution in [0, 0.1) is 0 Å². The van der Waals surface area contributed by atoms with Crippen LogP contribution < -0.4 is 10.1 Å². The lowest BCUT2D eigenvalue weighted by atomic mass is 10.0. The topological polar surface area (TPSA) is 61.8 Å². The quantitative estimate of drug-likeness (QED) is 0.687. The van der Waals surface area contributed by atoms with Gasteiger partial charge in [0.15, 0.2) is 11.5 Å². The van der Waals surface area contributed by atoms with E-state index in [1.54, 1.807) is 17.0 Å². The number of carbonyl (C=O) groups excluding carboxylic acids is 1. The van der Waals surface area contributed by atoms with Crippen LogP contribution in [0.5, 0.6) is 11.5 Å². The van der Waals surface area contributed by atoms with Crippen molar-refractivity contribution in [2.75, 3.05) is 11.9 Å². The number of rotatable bonds is 5. The van der Waals surface area contributed by atoms with E-state index in [1.807, 2.05) is 67.6 Å². The Bertz CT molecular complexity index is 988. The number of nitrogens with one attached hydrogen (secondary N) is 1. The van der Waals surface area contributed by atoms with Crippen LogP contribution in [0.4, 0.5) is 5.69 Å². The summed E-state index contributed by atoms with van der Waals surface area (Å²) in [4.78, 5) is 15.1.